The number of sulfonamides is 1. The summed E-state index contributed by atoms with van der Waals surface area (Å²) in [4.78, 5) is 39.2. The average molecular weight is 468 g/mol. The fourth-order valence-electron chi connectivity index (χ4n) is 3.43. The van der Waals surface area contributed by atoms with E-state index in [-0.39, 0.29) is 34.2 Å². The fraction of sp³-hybridized carbons (Fsp3) is 0.174. The molecule has 0 spiro atoms. The number of rotatable bonds is 7. The van der Waals surface area contributed by atoms with Gasteiger partial charge in [0.05, 0.1) is 28.8 Å². The Balaban J connectivity index is 1.49. The molecule has 0 radical (unpaired) electrons. The van der Waals surface area contributed by atoms with E-state index in [2.05, 4.69) is 10.0 Å². The Labute approximate surface area is 190 Å². The maximum atomic E-state index is 12.7. The van der Waals surface area contributed by atoms with E-state index in [0.29, 0.717) is 11.4 Å². The monoisotopic (exact) mass is 467 g/mol. The summed E-state index contributed by atoms with van der Waals surface area (Å²) in [7, 11) is -3.64. The number of hydrogen-bond acceptors (Lipinski definition) is 6. The van der Waals surface area contributed by atoms with Crippen LogP contribution in [0.1, 0.15) is 50.7 Å². The molecule has 1 aromatic heterocycles. The Bertz CT molecular complexity index is 1330. The molecule has 0 saturated carbocycles. The number of furan rings is 1. The van der Waals surface area contributed by atoms with E-state index in [4.69, 9.17) is 4.42 Å². The van der Waals surface area contributed by atoms with Crippen LogP contribution in [0.4, 0.5) is 5.69 Å². The number of amides is 3. The summed E-state index contributed by atoms with van der Waals surface area (Å²) < 4.78 is 32.1. The van der Waals surface area contributed by atoms with Crippen LogP contribution in [0.3, 0.4) is 0 Å². The highest BCUT2D eigenvalue weighted by Gasteiger charge is 2.36. The van der Waals surface area contributed by atoms with Crippen LogP contribution < -0.4 is 10.0 Å². The molecular formula is C23H21N3O6S. The number of nitrogens with one attached hydrogen (secondary N) is 2. The first-order chi connectivity index (χ1) is 15.7. The van der Waals surface area contributed by atoms with Crippen LogP contribution in [0, 0.1) is 0 Å². The largest absolute Gasteiger partial charge is 0.467 e. The predicted octanol–water partition coefficient (Wildman–Crippen LogP) is 3.01. The average Bonchev–Trinajstić information content (AvgIpc) is 3.36. The van der Waals surface area contributed by atoms with E-state index >= 15 is 0 Å². The van der Waals surface area contributed by atoms with Crippen LogP contribution >= 0.6 is 0 Å². The number of carbonyl (C=O) groups is 3. The zero-order valence-corrected chi connectivity index (χ0v) is 18.7. The van der Waals surface area contributed by atoms with Crippen LogP contribution in [0.2, 0.25) is 0 Å². The van der Waals surface area contributed by atoms with Gasteiger partial charge in [0.15, 0.2) is 0 Å². The lowest BCUT2D eigenvalue weighted by molar-refractivity contribution is 0.0631. The first-order valence-corrected chi connectivity index (χ1v) is 11.6. The highest BCUT2D eigenvalue weighted by atomic mass is 32.2. The molecule has 0 atom stereocenters. The fourth-order valence-corrected chi connectivity index (χ4v) is 4.68. The number of benzene rings is 2. The van der Waals surface area contributed by atoms with Crippen LogP contribution in [0.25, 0.3) is 0 Å². The van der Waals surface area contributed by atoms with Crippen molar-refractivity contribution in [3.63, 3.8) is 0 Å². The van der Waals surface area contributed by atoms with Crippen molar-refractivity contribution in [2.75, 3.05) is 5.32 Å². The zero-order chi connectivity index (χ0) is 23.8. The standard InChI is InChI=1S/C23H21N3O6S/c1-14(2)25-33(30,31)18-8-6-16(7-9-18)24-21(27)15-5-10-19-20(12-15)23(29)26(22(19)28)13-17-4-3-11-32-17/h3-12,14,25H,13H2,1-2H3,(H,24,27). The summed E-state index contributed by atoms with van der Waals surface area (Å²) >= 11 is 0. The Morgan fingerprint density at radius 3 is 2.33 bits per heavy atom. The number of carbonyl (C=O) groups excluding carboxylic acids is 3. The molecular weight excluding hydrogens is 446 g/mol. The number of imide groups is 1. The molecule has 3 amide bonds. The predicted molar refractivity (Wildman–Crippen MR) is 119 cm³/mol. The molecule has 2 heterocycles. The van der Waals surface area contributed by atoms with Gasteiger partial charge in [-0.2, -0.15) is 0 Å². The summed E-state index contributed by atoms with van der Waals surface area (Å²) in [5.41, 5.74) is 0.925. The molecule has 170 valence electrons. The molecule has 10 heteroatoms. The summed E-state index contributed by atoms with van der Waals surface area (Å²) in [6.45, 7) is 3.44. The van der Waals surface area contributed by atoms with E-state index in [9.17, 15) is 22.8 Å². The lowest BCUT2D eigenvalue weighted by Crippen LogP contribution is -2.30. The number of nitrogens with zero attached hydrogens (tertiary/aromatic N) is 1. The molecule has 0 saturated heterocycles. The molecule has 0 aliphatic carbocycles. The molecule has 0 unspecified atom stereocenters. The van der Waals surface area contributed by atoms with Gasteiger partial charge >= 0.3 is 0 Å². The third kappa shape index (κ3) is 4.57. The third-order valence-corrected chi connectivity index (χ3v) is 6.61. The first-order valence-electron chi connectivity index (χ1n) is 10.1. The minimum Gasteiger partial charge on any atom is -0.467 e. The van der Waals surface area contributed by atoms with E-state index < -0.39 is 27.7 Å². The lowest BCUT2D eigenvalue weighted by atomic mass is 10.1. The molecule has 0 bridgehead atoms. The van der Waals surface area contributed by atoms with Crippen LogP contribution in [0.5, 0.6) is 0 Å². The minimum absolute atomic E-state index is 0.00179. The van der Waals surface area contributed by atoms with Crippen LogP contribution in [-0.2, 0) is 16.6 Å². The summed E-state index contributed by atoms with van der Waals surface area (Å²) in [5.74, 6) is -0.992. The third-order valence-electron chi connectivity index (χ3n) is 4.94. The molecule has 2 aromatic carbocycles. The summed E-state index contributed by atoms with van der Waals surface area (Å²) in [6, 6.07) is 13.1. The zero-order valence-electron chi connectivity index (χ0n) is 17.9. The summed E-state index contributed by atoms with van der Waals surface area (Å²) in [5, 5.41) is 2.66. The van der Waals surface area contributed by atoms with Crippen LogP contribution in [-0.4, -0.2) is 37.1 Å². The summed E-state index contributed by atoms with van der Waals surface area (Å²) in [6.07, 6.45) is 1.46. The quantitative estimate of drug-likeness (QED) is 0.515. The van der Waals surface area contributed by atoms with Gasteiger partial charge in [-0.15, -0.1) is 0 Å². The highest BCUT2D eigenvalue weighted by Crippen LogP contribution is 2.26. The van der Waals surface area contributed by atoms with Crippen molar-refractivity contribution in [3.05, 3.63) is 83.3 Å². The van der Waals surface area contributed by atoms with E-state index in [0.717, 1.165) is 4.90 Å². The van der Waals surface area contributed by atoms with Gasteiger partial charge < -0.3 is 9.73 Å². The Hall–Kier alpha value is -3.76. The van der Waals surface area contributed by atoms with Gasteiger partial charge in [0, 0.05) is 17.3 Å². The maximum absolute atomic E-state index is 12.7. The Morgan fingerprint density at radius 2 is 1.70 bits per heavy atom. The number of hydrogen-bond donors (Lipinski definition) is 2. The van der Waals surface area contributed by atoms with Gasteiger partial charge in [-0.3, -0.25) is 19.3 Å². The molecule has 9 nitrogen and oxygen atoms in total. The highest BCUT2D eigenvalue weighted by molar-refractivity contribution is 7.89. The molecule has 4 rings (SSSR count). The van der Waals surface area contributed by atoms with E-state index in [1.165, 1.54) is 48.7 Å². The van der Waals surface area contributed by atoms with Crippen LogP contribution in [0.15, 0.2) is 70.2 Å². The molecule has 3 aromatic rings. The molecule has 2 N–H and O–H groups in total. The molecule has 1 aliphatic heterocycles. The van der Waals surface area contributed by atoms with Crippen molar-refractivity contribution in [2.24, 2.45) is 0 Å². The first kappa shape index (κ1) is 22.4. The topological polar surface area (TPSA) is 126 Å². The normalized spacial score (nSPS) is 13.5. The van der Waals surface area contributed by atoms with Gasteiger partial charge in [0.1, 0.15) is 5.76 Å². The SMILES string of the molecule is CC(C)NS(=O)(=O)c1ccc(NC(=O)c2ccc3c(c2)C(=O)N(Cc2ccco2)C3=O)cc1. The smallest absolute Gasteiger partial charge is 0.261 e. The van der Waals surface area contributed by atoms with Gasteiger partial charge in [-0.1, -0.05) is 0 Å². The second-order valence-corrected chi connectivity index (χ2v) is 9.50. The second-order valence-electron chi connectivity index (χ2n) is 7.79. The van der Waals surface area contributed by atoms with Crippen molar-refractivity contribution in [1.29, 1.82) is 0 Å². The van der Waals surface area contributed by atoms with Crippen molar-refractivity contribution < 1.29 is 27.2 Å². The van der Waals surface area contributed by atoms with Crippen molar-refractivity contribution in [1.82, 2.24) is 9.62 Å². The van der Waals surface area contributed by atoms with Crippen molar-refractivity contribution in [2.45, 2.75) is 31.3 Å². The maximum Gasteiger partial charge on any atom is 0.261 e. The van der Waals surface area contributed by atoms with Crippen molar-refractivity contribution in [3.8, 4) is 0 Å². The Morgan fingerprint density at radius 1 is 1.00 bits per heavy atom. The van der Waals surface area contributed by atoms with Gasteiger partial charge in [-0.25, -0.2) is 13.1 Å². The molecule has 1 aliphatic rings. The second kappa shape index (κ2) is 8.64. The lowest BCUT2D eigenvalue weighted by Gasteiger charge is -2.11. The van der Waals surface area contributed by atoms with Gasteiger partial charge in [-0.05, 0) is 68.4 Å². The van der Waals surface area contributed by atoms with Gasteiger partial charge in [0.25, 0.3) is 17.7 Å². The van der Waals surface area contributed by atoms with Crippen molar-refractivity contribution >= 4 is 33.4 Å². The minimum atomic E-state index is -3.64. The number of fused-ring (bicyclic) bond motifs is 1. The van der Waals surface area contributed by atoms with E-state index in [1.807, 2.05) is 0 Å². The van der Waals surface area contributed by atoms with E-state index in [1.54, 1.807) is 26.0 Å². The molecule has 33 heavy (non-hydrogen) atoms. The number of anilines is 1. The Kier molecular flexibility index (Phi) is 5.88. The molecule has 0 fully saturated rings. The van der Waals surface area contributed by atoms with Gasteiger partial charge in [0.2, 0.25) is 10.0 Å².